The Balaban J connectivity index is 2.25. The van der Waals surface area contributed by atoms with Crippen LogP contribution in [0.25, 0.3) is 0 Å². The van der Waals surface area contributed by atoms with Crippen LogP contribution in [0.3, 0.4) is 0 Å². The second kappa shape index (κ2) is 4.63. The normalized spacial score (nSPS) is 17.4. The Morgan fingerprint density at radius 2 is 2.10 bits per heavy atom. The van der Waals surface area contributed by atoms with Gasteiger partial charge in [-0.25, -0.2) is 9.97 Å². The number of hydrogen-bond acceptors (Lipinski definition) is 4. The molecule has 0 spiro atoms. The molecule has 4 nitrogen and oxygen atoms in total. The van der Waals surface area contributed by atoms with Crippen molar-refractivity contribution < 1.29 is 5.11 Å². The Kier molecular flexibility index (Phi) is 3.05. The lowest BCUT2D eigenvalue weighted by Gasteiger charge is -2.21. The van der Waals surface area contributed by atoms with Crippen molar-refractivity contribution in [1.29, 1.82) is 0 Å². The molecule has 0 saturated carbocycles. The summed E-state index contributed by atoms with van der Waals surface area (Å²) in [7, 11) is 1.97. The monoisotopic (exact) mass is 289 g/mol. The molecule has 0 fully saturated rings. The van der Waals surface area contributed by atoms with E-state index in [0.717, 1.165) is 29.1 Å². The Hall–Kier alpha value is -1.81. The molecule has 1 aromatic carbocycles. The Bertz CT molecular complexity index is 687. The van der Waals surface area contributed by atoms with E-state index in [9.17, 15) is 5.11 Å². The molecule has 2 aromatic rings. The highest BCUT2D eigenvalue weighted by atomic mass is 35.5. The van der Waals surface area contributed by atoms with Gasteiger partial charge in [0.2, 0.25) is 0 Å². The number of fused-ring (bicyclic) bond motifs is 2. The Labute approximate surface area is 123 Å². The molecule has 0 amide bonds. The summed E-state index contributed by atoms with van der Waals surface area (Å²) in [5.74, 6) is 2.03. The minimum atomic E-state index is 0.240. The molecule has 1 unspecified atom stereocenters. The number of aromatic nitrogens is 2. The molecule has 2 heterocycles. The maximum absolute atomic E-state index is 9.73. The van der Waals surface area contributed by atoms with Crippen LogP contribution in [0.4, 0.5) is 11.5 Å². The first-order chi connectivity index (χ1) is 9.47. The van der Waals surface area contributed by atoms with Crippen molar-refractivity contribution in [2.45, 2.75) is 26.2 Å². The van der Waals surface area contributed by atoms with Gasteiger partial charge < -0.3 is 10.0 Å². The lowest BCUT2D eigenvalue weighted by Crippen LogP contribution is -2.14. The maximum atomic E-state index is 9.73. The Morgan fingerprint density at radius 1 is 1.35 bits per heavy atom. The molecule has 3 rings (SSSR count). The van der Waals surface area contributed by atoms with Crippen LogP contribution < -0.4 is 4.90 Å². The van der Waals surface area contributed by atoms with E-state index in [1.54, 1.807) is 6.07 Å². The molecule has 0 aliphatic carbocycles. The number of rotatable bonds is 0. The topological polar surface area (TPSA) is 49.2 Å². The largest absolute Gasteiger partial charge is 0.508 e. The summed E-state index contributed by atoms with van der Waals surface area (Å²) in [6.07, 6.45) is 0.759. The number of aromatic hydroxyl groups is 1. The smallest absolute Gasteiger partial charge is 0.141 e. The van der Waals surface area contributed by atoms with E-state index in [1.807, 2.05) is 31.0 Å². The lowest BCUT2D eigenvalue weighted by molar-refractivity contribution is 0.474. The van der Waals surface area contributed by atoms with Crippen molar-refractivity contribution >= 4 is 23.1 Å². The summed E-state index contributed by atoms with van der Waals surface area (Å²) in [4.78, 5) is 10.8. The SMILES string of the molecule is Cc1nc(Cl)c2c(n1)N(C)c1ccc(O)cc1C(C)C2. The van der Waals surface area contributed by atoms with Gasteiger partial charge in [0, 0.05) is 18.3 Å². The molecular weight excluding hydrogens is 274 g/mol. The quantitative estimate of drug-likeness (QED) is 0.753. The molecule has 1 aliphatic heterocycles. The van der Waals surface area contributed by atoms with Crippen LogP contribution >= 0.6 is 11.6 Å². The summed E-state index contributed by atoms with van der Waals surface area (Å²) < 4.78 is 0. The van der Waals surface area contributed by atoms with Crippen LogP contribution in [0.5, 0.6) is 5.75 Å². The van der Waals surface area contributed by atoms with Gasteiger partial charge in [0.15, 0.2) is 0 Å². The molecule has 0 bridgehead atoms. The van der Waals surface area contributed by atoms with Crippen molar-refractivity contribution in [3.8, 4) is 5.75 Å². The first-order valence-electron chi connectivity index (χ1n) is 6.57. The van der Waals surface area contributed by atoms with Gasteiger partial charge >= 0.3 is 0 Å². The second-order valence-corrected chi connectivity index (χ2v) is 5.63. The highest BCUT2D eigenvalue weighted by Crippen LogP contribution is 2.41. The van der Waals surface area contributed by atoms with Crippen molar-refractivity contribution in [1.82, 2.24) is 9.97 Å². The second-order valence-electron chi connectivity index (χ2n) is 5.27. The Morgan fingerprint density at radius 3 is 2.85 bits per heavy atom. The summed E-state index contributed by atoms with van der Waals surface area (Å²) in [6, 6.07) is 5.43. The predicted octanol–water partition coefficient (Wildman–Crippen LogP) is 3.57. The van der Waals surface area contributed by atoms with Crippen molar-refractivity contribution in [3.63, 3.8) is 0 Å². The van der Waals surface area contributed by atoms with Gasteiger partial charge in [0.25, 0.3) is 0 Å². The van der Waals surface area contributed by atoms with Gasteiger partial charge in [-0.1, -0.05) is 18.5 Å². The number of halogens is 1. The van der Waals surface area contributed by atoms with Gasteiger partial charge in [-0.15, -0.1) is 0 Å². The fourth-order valence-electron chi connectivity index (χ4n) is 2.77. The van der Waals surface area contributed by atoms with E-state index in [-0.39, 0.29) is 11.7 Å². The number of benzene rings is 1. The van der Waals surface area contributed by atoms with Crippen LogP contribution in [-0.2, 0) is 6.42 Å². The highest BCUT2D eigenvalue weighted by Gasteiger charge is 2.26. The number of nitrogens with zero attached hydrogens (tertiary/aromatic N) is 3. The minimum absolute atomic E-state index is 0.240. The molecule has 1 N–H and O–H groups in total. The summed E-state index contributed by atoms with van der Waals surface area (Å²) >= 11 is 6.30. The van der Waals surface area contributed by atoms with Crippen LogP contribution in [0, 0.1) is 6.92 Å². The van der Waals surface area contributed by atoms with Gasteiger partial charge in [0.05, 0.1) is 0 Å². The number of phenols is 1. The van der Waals surface area contributed by atoms with Crippen molar-refractivity contribution in [3.05, 3.63) is 40.3 Å². The van der Waals surface area contributed by atoms with Gasteiger partial charge in [-0.05, 0) is 43.0 Å². The molecule has 0 saturated heterocycles. The minimum Gasteiger partial charge on any atom is -0.508 e. The van der Waals surface area contributed by atoms with Gasteiger partial charge in [-0.3, -0.25) is 0 Å². The van der Waals surface area contributed by atoms with Crippen molar-refractivity contribution in [2.75, 3.05) is 11.9 Å². The van der Waals surface area contributed by atoms with E-state index < -0.39 is 0 Å². The van der Waals surface area contributed by atoms with Crippen LogP contribution in [-0.4, -0.2) is 22.1 Å². The average Bonchev–Trinajstić information content (AvgIpc) is 2.49. The van der Waals surface area contributed by atoms with Crippen LogP contribution in [0.1, 0.15) is 29.8 Å². The van der Waals surface area contributed by atoms with Gasteiger partial charge in [0.1, 0.15) is 22.5 Å². The predicted molar refractivity (Wildman–Crippen MR) is 80.1 cm³/mol. The summed E-state index contributed by atoms with van der Waals surface area (Å²) in [5.41, 5.74) is 3.10. The van der Waals surface area contributed by atoms with Crippen LogP contribution in [0.15, 0.2) is 18.2 Å². The van der Waals surface area contributed by atoms with E-state index in [0.29, 0.717) is 11.0 Å². The van der Waals surface area contributed by atoms with E-state index in [4.69, 9.17) is 11.6 Å². The number of phenolic OH excluding ortho intramolecular Hbond substituents is 1. The first kappa shape index (κ1) is 13.2. The van der Waals surface area contributed by atoms with E-state index in [1.165, 1.54) is 0 Å². The molecule has 1 aliphatic rings. The number of hydrogen-bond donors (Lipinski definition) is 1. The molecule has 1 atom stereocenters. The third-order valence-corrected chi connectivity index (χ3v) is 4.09. The average molecular weight is 290 g/mol. The molecular formula is C15H16ClN3O. The fraction of sp³-hybridized carbons (Fsp3) is 0.333. The molecule has 5 heteroatoms. The summed E-state index contributed by atoms with van der Waals surface area (Å²) in [6.45, 7) is 3.96. The third kappa shape index (κ3) is 2.00. The zero-order chi connectivity index (χ0) is 14.4. The van der Waals surface area contributed by atoms with Crippen LogP contribution in [0.2, 0.25) is 5.15 Å². The molecule has 0 radical (unpaired) electrons. The number of aryl methyl sites for hydroxylation is 1. The zero-order valence-corrected chi connectivity index (χ0v) is 12.4. The third-order valence-electron chi connectivity index (χ3n) is 3.78. The molecule has 1 aromatic heterocycles. The summed E-state index contributed by atoms with van der Waals surface area (Å²) in [5, 5.41) is 10.2. The van der Waals surface area contributed by atoms with E-state index in [2.05, 4.69) is 16.9 Å². The maximum Gasteiger partial charge on any atom is 0.141 e. The van der Waals surface area contributed by atoms with Crippen molar-refractivity contribution in [2.24, 2.45) is 0 Å². The van der Waals surface area contributed by atoms with Gasteiger partial charge in [-0.2, -0.15) is 0 Å². The zero-order valence-electron chi connectivity index (χ0n) is 11.7. The molecule has 104 valence electrons. The number of anilines is 2. The first-order valence-corrected chi connectivity index (χ1v) is 6.95. The standard InChI is InChI=1S/C15H16ClN3O/c1-8-6-12-14(16)17-9(2)18-15(12)19(3)13-5-4-10(20)7-11(8)13/h4-5,7-8,20H,6H2,1-3H3. The molecule has 20 heavy (non-hydrogen) atoms. The fourth-order valence-corrected chi connectivity index (χ4v) is 3.06. The highest BCUT2D eigenvalue weighted by molar-refractivity contribution is 6.30. The van der Waals surface area contributed by atoms with E-state index >= 15 is 0 Å². The lowest BCUT2D eigenvalue weighted by atomic mass is 9.94.